The first-order valence-electron chi connectivity index (χ1n) is 6.85. The average Bonchev–Trinajstić information content (AvgIpc) is 2.53. The molecule has 1 aromatic rings. The first-order valence-corrected chi connectivity index (χ1v) is 7.60. The molecule has 12 heteroatoms. The van der Waals surface area contributed by atoms with Crippen molar-refractivity contribution < 1.29 is 37.8 Å². The Bertz CT molecular complexity index is 654. The number of oxime groups is 1. The Labute approximate surface area is 156 Å². The zero-order valence-corrected chi connectivity index (χ0v) is 14.6. The van der Waals surface area contributed by atoms with Crippen molar-refractivity contribution in [3.8, 4) is 0 Å². The first kappa shape index (κ1) is 24.0. The molecule has 0 aliphatic rings. The molecule has 0 atom stereocenters. The number of nitrogens with zero attached hydrogens (tertiary/aromatic N) is 1. The third-order valence-electron chi connectivity index (χ3n) is 2.45. The first-order chi connectivity index (χ1) is 12.0. The molecular formula is C14H15Cl2F3N2O5. The number of carboxylic acid groups (broad SMARTS) is 2. The van der Waals surface area contributed by atoms with Crippen LogP contribution in [0.25, 0.3) is 0 Å². The second-order valence-corrected chi connectivity index (χ2v) is 5.30. The van der Waals surface area contributed by atoms with E-state index in [4.69, 9.17) is 48.8 Å². The van der Waals surface area contributed by atoms with Crippen LogP contribution in [-0.4, -0.2) is 47.2 Å². The topological polar surface area (TPSA) is 122 Å². The van der Waals surface area contributed by atoms with Crippen molar-refractivity contribution in [2.24, 2.45) is 10.9 Å². The van der Waals surface area contributed by atoms with E-state index in [2.05, 4.69) is 5.16 Å². The fraction of sp³-hybridized carbons (Fsp3) is 0.357. The number of nitrogens with two attached hydrogens (primary N) is 1. The Morgan fingerprint density at radius 1 is 1.15 bits per heavy atom. The number of carboxylic acids is 2. The quantitative estimate of drug-likeness (QED) is 0.355. The standard InChI is InChI=1S/C12H14Cl2N2O3.C2HF3O2/c13-9-2-1-8(7-10(9)14)11(3-4-12(17)18)16-19-6-5-15;3-2(4,5)1(6)7/h1-2,7H,3-6,15H2,(H,17,18);(H,6,7)/b16-11-;. The van der Waals surface area contributed by atoms with Gasteiger partial charge in [0.1, 0.15) is 6.61 Å². The summed E-state index contributed by atoms with van der Waals surface area (Å²) in [5.41, 5.74) is 6.46. The van der Waals surface area contributed by atoms with E-state index in [0.717, 1.165) is 0 Å². The number of alkyl halides is 3. The molecule has 1 aromatic carbocycles. The van der Waals surface area contributed by atoms with Gasteiger partial charge in [-0.2, -0.15) is 13.2 Å². The Morgan fingerprint density at radius 2 is 1.73 bits per heavy atom. The SMILES string of the molecule is NCCO/N=C(/CCC(=O)O)c1ccc(Cl)c(Cl)c1.O=C(O)C(F)(F)F. The van der Waals surface area contributed by atoms with Crippen molar-refractivity contribution in [1.82, 2.24) is 0 Å². The van der Waals surface area contributed by atoms with Gasteiger partial charge in [-0.3, -0.25) is 4.79 Å². The van der Waals surface area contributed by atoms with Crippen molar-refractivity contribution in [1.29, 1.82) is 0 Å². The molecule has 26 heavy (non-hydrogen) atoms. The van der Waals surface area contributed by atoms with E-state index < -0.39 is 18.1 Å². The number of halogens is 5. The Hall–Kier alpha value is -2.04. The normalized spacial score (nSPS) is 11.4. The van der Waals surface area contributed by atoms with Crippen LogP contribution in [0.1, 0.15) is 18.4 Å². The van der Waals surface area contributed by atoms with E-state index in [1.165, 1.54) is 0 Å². The predicted octanol–water partition coefficient (Wildman–Crippen LogP) is 3.17. The highest BCUT2D eigenvalue weighted by molar-refractivity contribution is 6.42. The minimum absolute atomic E-state index is 0.0505. The molecule has 0 radical (unpaired) electrons. The molecule has 146 valence electrons. The van der Waals surface area contributed by atoms with Gasteiger partial charge in [-0.15, -0.1) is 0 Å². The van der Waals surface area contributed by atoms with Gasteiger partial charge in [-0.05, 0) is 12.1 Å². The van der Waals surface area contributed by atoms with Gasteiger partial charge < -0.3 is 20.8 Å². The van der Waals surface area contributed by atoms with Crippen LogP contribution < -0.4 is 5.73 Å². The Kier molecular flexibility index (Phi) is 10.6. The molecule has 0 aliphatic heterocycles. The lowest BCUT2D eigenvalue weighted by Gasteiger charge is -2.07. The molecule has 0 saturated carbocycles. The highest BCUT2D eigenvalue weighted by Crippen LogP contribution is 2.23. The fourth-order valence-electron chi connectivity index (χ4n) is 1.32. The van der Waals surface area contributed by atoms with Crippen LogP contribution in [-0.2, 0) is 14.4 Å². The molecule has 0 aromatic heterocycles. The third kappa shape index (κ3) is 10.1. The zero-order chi connectivity index (χ0) is 20.3. The van der Waals surface area contributed by atoms with Gasteiger partial charge in [0.2, 0.25) is 0 Å². The summed E-state index contributed by atoms with van der Waals surface area (Å²) in [5.74, 6) is -3.67. The van der Waals surface area contributed by atoms with Crippen LogP contribution in [0.2, 0.25) is 10.0 Å². The van der Waals surface area contributed by atoms with Crippen molar-refractivity contribution >= 4 is 40.9 Å². The van der Waals surface area contributed by atoms with E-state index in [1.807, 2.05) is 0 Å². The molecule has 0 bridgehead atoms. The molecule has 4 N–H and O–H groups in total. The summed E-state index contributed by atoms with van der Waals surface area (Å²) in [6, 6.07) is 4.95. The largest absolute Gasteiger partial charge is 0.490 e. The van der Waals surface area contributed by atoms with Gasteiger partial charge in [0.05, 0.1) is 22.2 Å². The molecule has 0 saturated heterocycles. The van der Waals surface area contributed by atoms with Crippen LogP contribution >= 0.6 is 23.2 Å². The van der Waals surface area contributed by atoms with E-state index in [9.17, 15) is 18.0 Å². The summed E-state index contributed by atoms with van der Waals surface area (Å²) < 4.78 is 31.7. The van der Waals surface area contributed by atoms with Crippen LogP contribution in [0, 0.1) is 0 Å². The molecule has 0 unspecified atom stereocenters. The average molecular weight is 419 g/mol. The van der Waals surface area contributed by atoms with Crippen molar-refractivity contribution in [3.63, 3.8) is 0 Å². The lowest BCUT2D eigenvalue weighted by molar-refractivity contribution is -0.192. The highest BCUT2D eigenvalue weighted by atomic mass is 35.5. The molecule has 1 rings (SSSR count). The van der Waals surface area contributed by atoms with Gasteiger partial charge in [0.25, 0.3) is 0 Å². The number of carbonyl (C=O) groups is 2. The van der Waals surface area contributed by atoms with Crippen molar-refractivity contribution in [2.45, 2.75) is 19.0 Å². The summed E-state index contributed by atoms with van der Waals surface area (Å²) in [6.07, 6.45) is -4.90. The summed E-state index contributed by atoms with van der Waals surface area (Å²) in [7, 11) is 0. The van der Waals surface area contributed by atoms with Gasteiger partial charge in [-0.25, -0.2) is 4.79 Å². The Morgan fingerprint density at radius 3 is 2.15 bits per heavy atom. The Balaban J connectivity index is 0.000000758. The zero-order valence-electron chi connectivity index (χ0n) is 13.1. The van der Waals surface area contributed by atoms with Crippen LogP contribution in [0.5, 0.6) is 0 Å². The summed E-state index contributed by atoms with van der Waals surface area (Å²) in [5, 5.41) is 20.5. The minimum Gasteiger partial charge on any atom is -0.481 e. The fourth-order valence-corrected chi connectivity index (χ4v) is 1.62. The number of hydrogen-bond acceptors (Lipinski definition) is 5. The van der Waals surface area contributed by atoms with Crippen LogP contribution in [0.4, 0.5) is 13.2 Å². The second-order valence-electron chi connectivity index (χ2n) is 4.49. The lowest BCUT2D eigenvalue weighted by atomic mass is 10.1. The van der Waals surface area contributed by atoms with E-state index in [0.29, 0.717) is 27.9 Å². The molecule has 0 amide bonds. The molecular weight excluding hydrogens is 404 g/mol. The summed E-state index contributed by atoms with van der Waals surface area (Å²) >= 11 is 11.7. The molecule has 7 nitrogen and oxygen atoms in total. The smallest absolute Gasteiger partial charge is 0.481 e. The van der Waals surface area contributed by atoms with Crippen molar-refractivity contribution in [2.75, 3.05) is 13.2 Å². The maximum Gasteiger partial charge on any atom is 0.490 e. The molecule has 0 aliphatic carbocycles. The van der Waals surface area contributed by atoms with Crippen LogP contribution in [0.15, 0.2) is 23.4 Å². The minimum atomic E-state index is -5.08. The number of benzene rings is 1. The molecule has 0 fully saturated rings. The molecule has 0 spiro atoms. The second kappa shape index (κ2) is 11.6. The number of rotatable bonds is 7. The summed E-state index contributed by atoms with van der Waals surface area (Å²) in [6.45, 7) is 0.592. The van der Waals surface area contributed by atoms with E-state index >= 15 is 0 Å². The van der Waals surface area contributed by atoms with Gasteiger partial charge in [0, 0.05) is 18.5 Å². The summed E-state index contributed by atoms with van der Waals surface area (Å²) in [4.78, 5) is 24.5. The monoisotopic (exact) mass is 418 g/mol. The lowest BCUT2D eigenvalue weighted by Crippen LogP contribution is -2.21. The predicted molar refractivity (Wildman–Crippen MR) is 88.6 cm³/mol. The highest BCUT2D eigenvalue weighted by Gasteiger charge is 2.38. The van der Waals surface area contributed by atoms with Crippen LogP contribution in [0.3, 0.4) is 0 Å². The van der Waals surface area contributed by atoms with E-state index in [-0.39, 0.29) is 19.4 Å². The molecule has 0 heterocycles. The van der Waals surface area contributed by atoms with E-state index in [1.54, 1.807) is 18.2 Å². The van der Waals surface area contributed by atoms with Gasteiger partial charge >= 0.3 is 18.1 Å². The number of hydrogen-bond donors (Lipinski definition) is 3. The number of aliphatic carboxylic acids is 2. The van der Waals surface area contributed by atoms with Gasteiger partial charge in [-0.1, -0.05) is 34.4 Å². The van der Waals surface area contributed by atoms with Crippen molar-refractivity contribution in [3.05, 3.63) is 33.8 Å². The maximum atomic E-state index is 10.6. The maximum absolute atomic E-state index is 10.6. The van der Waals surface area contributed by atoms with Gasteiger partial charge in [0.15, 0.2) is 0 Å². The third-order valence-corrected chi connectivity index (χ3v) is 3.19.